The summed E-state index contributed by atoms with van der Waals surface area (Å²) in [5.74, 6) is 1.22. The molecule has 0 aliphatic rings. The predicted molar refractivity (Wildman–Crippen MR) is 133 cm³/mol. The maximum absolute atomic E-state index is 13.1. The number of aromatic nitrogens is 1. The van der Waals surface area contributed by atoms with Gasteiger partial charge in [-0.1, -0.05) is 24.3 Å². The molecular weight excluding hydrogens is 436 g/mol. The number of hydrogen-bond donors (Lipinski definition) is 1. The minimum atomic E-state index is -0.263. The first-order valence-electron chi connectivity index (χ1n) is 11.0. The Morgan fingerprint density at radius 3 is 2.24 bits per heavy atom. The van der Waals surface area contributed by atoms with Crippen LogP contribution in [0.5, 0.6) is 17.2 Å². The number of nitrogens with zero attached hydrogens (tertiary/aromatic N) is 1. The van der Waals surface area contributed by atoms with E-state index in [0.717, 1.165) is 20.8 Å². The minimum absolute atomic E-state index is 0.263. The van der Waals surface area contributed by atoms with E-state index in [1.807, 2.05) is 63.2 Å². The molecule has 4 aromatic rings. The maximum Gasteiger partial charge on any atom is 0.255 e. The van der Waals surface area contributed by atoms with Gasteiger partial charge in [0.25, 0.3) is 5.91 Å². The van der Waals surface area contributed by atoms with Gasteiger partial charge in [-0.05, 0) is 57.2 Å². The van der Waals surface area contributed by atoms with Gasteiger partial charge in [-0.3, -0.25) is 4.79 Å². The minimum Gasteiger partial charge on any atom is -0.490 e. The zero-order chi connectivity index (χ0) is 23.2. The van der Waals surface area contributed by atoms with Crippen molar-refractivity contribution in [3.05, 3.63) is 66.2 Å². The monoisotopic (exact) mass is 462 g/mol. The van der Waals surface area contributed by atoms with Crippen molar-refractivity contribution in [2.45, 2.75) is 20.8 Å². The van der Waals surface area contributed by atoms with Crippen molar-refractivity contribution in [2.24, 2.45) is 0 Å². The van der Waals surface area contributed by atoms with Crippen molar-refractivity contribution in [2.75, 3.05) is 25.1 Å². The van der Waals surface area contributed by atoms with Crippen molar-refractivity contribution in [1.29, 1.82) is 0 Å². The Bertz CT molecular complexity index is 1210. The number of carbonyl (C=O) groups excluding carboxylic acids is 1. The van der Waals surface area contributed by atoms with Crippen LogP contribution in [0.25, 0.3) is 20.8 Å². The van der Waals surface area contributed by atoms with Crippen LogP contribution in [0.15, 0.2) is 60.7 Å². The lowest BCUT2D eigenvalue weighted by Crippen LogP contribution is -2.13. The van der Waals surface area contributed by atoms with E-state index in [-0.39, 0.29) is 5.91 Å². The Balaban J connectivity index is 1.62. The fourth-order valence-electron chi connectivity index (χ4n) is 3.45. The Labute approximate surface area is 197 Å². The third-order valence-electron chi connectivity index (χ3n) is 4.83. The molecular formula is C26H26N2O4S. The Morgan fingerprint density at radius 1 is 0.879 bits per heavy atom. The van der Waals surface area contributed by atoms with E-state index in [1.165, 1.54) is 0 Å². The molecule has 0 unspecified atom stereocenters. The van der Waals surface area contributed by atoms with E-state index in [1.54, 1.807) is 23.5 Å². The molecule has 1 aromatic heterocycles. The van der Waals surface area contributed by atoms with E-state index in [4.69, 9.17) is 19.2 Å². The number of amides is 1. The number of anilines is 1. The van der Waals surface area contributed by atoms with Gasteiger partial charge in [-0.2, -0.15) is 0 Å². The molecule has 0 bridgehead atoms. The highest BCUT2D eigenvalue weighted by atomic mass is 32.1. The van der Waals surface area contributed by atoms with Crippen molar-refractivity contribution in [1.82, 2.24) is 4.98 Å². The van der Waals surface area contributed by atoms with Crippen LogP contribution in [0.3, 0.4) is 0 Å². The number of para-hydroxylation sites is 1. The molecule has 1 N–H and O–H groups in total. The number of rotatable bonds is 9. The summed E-state index contributed by atoms with van der Waals surface area (Å²) in [7, 11) is 0. The first kappa shape index (κ1) is 22.6. The van der Waals surface area contributed by atoms with Crippen LogP contribution in [0.2, 0.25) is 0 Å². The van der Waals surface area contributed by atoms with Crippen LogP contribution in [0, 0.1) is 0 Å². The summed E-state index contributed by atoms with van der Waals surface area (Å²) in [6, 6.07) is 19.1. The average Bonchev–Trinajstić information content (AvgIpc) is 3.26. The third-order valence-corrected chi connectivity index (χ3v) is 5.92. The predicted octanol–water partition coefficient (Wildman–Crippen LogP) is 6.41. The highest BCUT2D eigenvalue weighted by Crippen LogP contribution is 2.39. The van der Waals surface area contributed by atoms with Crippen molar-refractivity contribution < 1.29 is 19.0 Å². The summed E-state index contributed by atoms with van der Waals surface area (Å²) in [5.41, 5.74) is 3.02. The molecule has 3 aromatic carbocycles. The van der Waals surface area contributed by atoms with Crippen LogP contribution in [-0.4, -0.2) is 30.7 Å². The Hall–Kier alpha value is -3.58. The third kappa shape index (κ3) is 5.09. The molecule has 1 amide bonds. The quantitative estimate of drug-likeness (QED) is 0.311. The summed E-state index contributed by atoms with van der Waals surface area (Å²) in [5, 5.41) is 3.89. The number of benzene rings is 3. The largest absolute Gasteiger partial charge is 0.490 e. The summed E-state index contributed by atoms with van der Waals surface area (Å²) < 4.78 is 18.3. The molecule has 0 atom stereocenters. The maximum atomic E-state index is 13.1. The van der Waals surface area contributed by atoms with Gasteiger partial charge in [0.05, 0.1) is 30.0 Å². The first-order chi connectivity index (χ1) is 16.1. The normalized spacial score (nSPS) is 10.8. The van der Waals surface area contributed by atoms with Gasteiger partial charge in [-0.15, -0.1) is 11.3 Å². The number of fused-ring (bicyclic) bond motifs is 1. The lowest BCUT2D eigenvalue weighted by atomic mass is 10.1. The van der Waals surface area contributed by atoms with E-state index < -0.39 is 0 Å². The summed E-state index contributed by atoms with van der Waals surface area (Å²) >= 11 is 1.62. The van der Waals surface area contributed by atoms with Crippen LogP contribution >= 0.6 is 11.3 Å². The fourth-order valence-corrected chi connectivity index (χ4v) is 4.41. The molecule has 1 heterocycles. The molecule has 170 valence electrons. The van der Waals surface area contributed by atoms with E-state index in [2.05, 4.69) is 11.4 Å². The van der Waals surface area contributed by atoms with Gasteiger partial charge in [0, 0.05) is 16.8 Å². The van der Waals surface area contributed by atoms with Crippen molar-refractivity contribution in [3.63, 3.8) is 0 Å². The lowest BCUT2D eigenvalue weighted by Gasteiger charge is -2.17. The molecule has 33 heavy (non-hydrogen) atoms. The van der Waals surface area contributed by atoms with Gasteiger partial charge in [0.1, 0.15) is 5.01 Å². The lowest BCUT2D eigenvalue weighted by molar-refractivity contribution is 0.102. The number of hydrogen-bond acceptors (Lipinski definition) is 6. The average molecular weight is 463 g/mol. The molecule has 0 radical (unpaired) electrons. The van der Waals surface area contributed by atoms with Crippen LogP contribution in [-0.2, 0) is 0 Å². The molecule has 0 aliphatic carbocycles. The van der Waals surface area contributed by atoms with Gasteiger partial charge in [-0.25, -0.2) is 4.98 Å². The van der Waals surface area contributed by atoms with Crippen molar-refractivity contribution >= 4 is 33.1 Å². The Morgan fingerprint density at radius 2 is 1.58 bits per heavy atom. The van der Waals surface area contributed by atoms with Crippen LogP contribution < -0.4 is 19.5 Å². The SMILES string of the molecule is CCOc1cc(C(=O)Nc2cccc(-c3nc4ccccc4s3)c2)cc(OCC)c1OCC. The molecule has 7 heteroatoms. The van der Waals surface area contributed by atoms with Gasteiger partial charge in [0.15, 0.2) is 11.5 Å². The topological polar surface area (TPSA) is 69.7 Å². The van der Waals surface area contributed by atoms with Crippen molar-refractivity contribution in [3.8, 4) is 27.8 Å². The van der Waals surface area contributed by atoms with Crippen LogP contribution in [0.4, 0.5) is 5.69 Å². The van der Waals surface area contributed by atoms with Gasteiger partial charge >= 0.3 is 0 Å². The molecule has 6 nitrogen and oxygen atoms in total. The fraction of sp³-hybridized carbons (Fsp3) is 0.231. The van der Waals surface area contributed by atoms with Gasteiger partial charge < -0.3 is 19.5 Å². The smallest absolute Gasteiger partial charge is 0.255 e. The standard InChI is InChI=1S/C26H26N2O4S/c1-4-30-21-15-18(16-22(31-5-2)24(21)32-6-3)25(29)27-19-11-9-10-17(14-19)26-28-20-12-7-8-13-23(20)33-26/h7-16H,4-6H2,1-3H3,(H,27,29). The highest BCUT2D eigenvalue weighted by Gasteiger charge is 2.19. The van der Waals surface area contributed by atoms with Gasteiger partial charge in [0.2, 0.25) is 5.75 Å². The van der Waals surface area contributed by atoms with Crippen LogP contribution in [0.1, 0.15) is 31.1 Å². The first-order valence-corrected chi connectivity index (χ1v) is 11.8. The number of nitrogens with one attached hydrogen (secondary N) is 1. The van der Waals surface area contributed by atoms with E-state index >= 15 is 0 Å². The summed E-state index contributed by atoms with van der Waals surface area (Å²) in [4.78, 5) is 17.8. The molecule has 4 rings (SSSR count). The second-order valence-corrected chi connectivity index (χ2v) is 8.15. The zero-order valence-corrected chi connectivity index (χ0v) is 19.7. The second-order valence-electron chi connectivity index (χ2n) is 7.12. The zero-order valence-electron chi connectivity index (χ0n) is 18.9. The second kappa shape index (κ2) is 10.4. The molecule has 0 fully saturated rings. The number of thiazole rings is 1. The molecule has 0 saturated carbocycles. The molecule has 0 saturated heterocycles. The number of ether oxygens (including phenoxy) is 3. The molecule has 0 aliphatic heterocycles. The highest BCUT2D eigenvalue weighted by molar-refractivity contribution is 7.21. The molecule has 0 spiro atoms. The van der Waals surface area contributed by atoms with E-state index in [0.29, 0.717) is 48.3 Å². The number of carbonyl (C=O) groups is 1. The summed E-state index contributed by atoms with van der Waals surface area (Å²) in [6.07, 6.45) is 0. The Kier molecular flexibility index (Phi) is 7.10. The van der Waals surface area contributed by atoms with E-state index in [9.17, 15) is 4.79 Å². The summed E-state index contributed by atoms with van der Waals surface area (Å²) in [6.45, 7) is 7.02.